The summed E-state index contributed by atoms with van der Waals surface area (Å²) in [5.41, 5.74) is -0.408. The van der Waals surface area contributed by atoms with Gasteiger partial charge in [0.05, 0.1) is 12.5 Å². The first-order chi connectivity index (χ1) is 4.59. The minimum atomic E-state index is -0.408. The van der Waals surface area contributed by atoms with Crippen LogP contribution < -0.4 is 0 Å². The summed E-state index contributed by atoms with van der Waals surface area (Å²) in [6, 6.07) is 0. The van der Waals surface area contributed by atoms with Crippen LogP contribution in [-0.2, 0) is 0 Å². The lowest BCUT2D eigenvalue weighted by molar-refractivity contribution is -0.536. The topological polar surface area (TPSA) is 46.3 Å². The van der Waals surface area contributed by atoms with Gasteiger partial charge in [0, 0.05) is 20.3 Å². The minimum Gasteiger partial charge on any atom is -0.624 e. The summed E-state index contributed by atoms with van der Waals surface area (Å²) in [4.78, 5) is 0. The summed E-state index contributed by atoms with van der Waals surface area (Å²) >= 11 is 0. The quantitative estimate of drug-likeness (QED) is 0.425. The fourth-order valence-corrected chi connectivity index (χ4v) is 1.22. The molecule has 1 heterocycles. The molecule has 1 atom stereocenters. The van der Waals surface area contributed by atoms with Crippen LogP contribution in [0.25, 0.3) is 0 Å². The zero-order valence-electron chi connectivity index (χ0n) is 6.37. The van der Waals surface area contributed by atoms with Gasteiger partial charge < -0.3 is 10.3 Å². The highest BCUT2D eigenvalue weighted by atomic mass is 16.5. The Bertz CT molecular complexity index is 163. The number of hydrogen-bond donors (Lipinski definition) is 1. The van der Waals surface area contributed by atoms with Gasteiger partial charge in [-0.1, -0.05) is 0 Å². The van der Waals surface area contributed by atoms with E-state index in [0.29, 0.717) is 6.42 Å². The summed E-state index contributed by atoms with van der Waals surface area (Å²) in [6.07, 6.45) is 2.30. The second kappa shape index (κ2) is 2.23. The largest absolute Gasteiger partial charge is 0.624 e. The summed E-state index contributed by atoms with van der Waals surface area (Å²) in [5.74, 6) is 0.102. The lowest BCUT2D eigenvalue weighted by Gasteiger charge is -2.23. The van der Waals surface area contributed by atoms with Crippen molar-refractivity contribution in [2.75, 3.05) is 6.61 Å². The molecule has 58 valence electrons. The second-order valence-electron chi connectivity index (χ2n) is 3.28. The van der Waals surface area contributed by atoms with E-state index in [9.17, 15) is 5.21 Å². The fourth-order valence-electron chi connectivity index (χ4n) is 1.22. The average Bonchev–Trinajstić information content (AvgIpc) is 2.10. The average molecular weight is 143 g/mol. The monoisotopic (exact) mass is 143 g/mol. The summed E-state index contributed by atoms with van der Waals surface area (Å²) in [6.45, 7) is 3.80. The van der Waals surface area contributed by atoms with Crippen LogP contribution in [-0.4, -0.2) is 28.2 Å². The molecular formula is C7H13NO2. The summed E-state index contributed by atoms with van der Waals surface area (Å²) < 4.78 is 0.938. The van der Waals surface area contributed by atoms with Gasteiger partial charge >= 0.3 is 0 Å². The summed E-state index contributed by atoms with van der Waals surface area (Å²) in [5, 5.41) is 19.8. The van der Waals surface area contributed by atoms with Crippen molar-refractivity contribution in [1.82, 2.24) is 0 Å². The molecule has 0 spiro atoms. The molecule has 0 aliphatic carbocycles. The molecule has 0 saturated carbocycles. The molecule has 1 unspecified atom stereocenters. The van der Waals surface area contributed by atoms with Gasteiger partial charge in [0.1, 0.15) is 0 Å². The van der Waals surface area contributed by atoms with Gasteiger partial charge in [-0.15, -0.1) is 0 Å². The molecule has 10 heavy (non-hydrogen) atoms. The number of rotatable bonds is 1. The van der Waals surface area contributed by atoms with E-state index in [1.807, 2.05) is 13.8 Å². The SMILES string of the molecule is CC1(C)C(CO)CC=[N+]1[O-]. The molecule has 0 bridgehead atoms. The molecule has 0 aromatic rings. The van der Waals surface area contributed by atoms with Crippen molar-refractivity contribution in [1.29, 1.82) is 0 Å². The van der Waals surface area contributed by atoms with E-state index in [0.717, 1.165) is 4.74 Å². The zero-order valence-corrected chi connectivity index (χ0v) is 6.37. The maximum Gasteiger partial charge on any atom is 0.172 e. The molecule has 0 fully saturated rings. The third-order valence-corrected chi connectivity index (χ3v) is 2.34. The van der Waals surface area contributed by atoms with Crippen molar-refractivity contribution < 1.29 is 9.85 Å². The molecule has 3 heteroatoms. The highest BCUT2D eigenvalue weighted by Crippen LogP contribution is 2.26. The van der Waals surface area contributed by atoms with Crippen LogP contribution in [0.2, 0.25) is 0 Å². The van der Waals surface area contributed by atoms with Crippen LogP contribution in [0, 0.1) is 11.1 Å². The van der Waals surface area contributed by atoms with Crippen LogP contribution >= 0.6 is 0 Å². The van der Waals surface area contributed by atoms with Crippen LogP contribution in [0.4, 0.5) is 0 Å². The van der Waals surface area contributed by atoms with Gasteiger partial charge in [0.15, 0.2) is 11.8 Å². The fraction of sp³-hybridized carbons (Fsp3) is 0.857. The molecule has 3 nitrogen and oxygen atoms in total. The van der Waals surface area contributed by atoms with Crippen molar-refractivity contribution in [2.24, 2.45) is 5.92 Å². The predicted octanol–water partition coefficient (Wildman–Crippen LogP) is 0.358. The highest BCUT2D eigenvalue weighted by molar-refractivity contribution is 5.54. The van der Waals surface area contributed by atoms with E-state index < -0.39 is 5.54 Å². The molecule has 1 aliphatic rings. The molecule has 0 aromatic carbocycles. The van der Waals surface area contributed by atoms with Crippen molar-refractivity contribution in [2.45, 2.75) is 25.8 Å². The second-order valence-corrected chi connectivity index (χ2v) is 3.28. The number of aliphatic hydroxyl groups excluding tert-OH is 1. The van der Waals surface area contributed by atoms with E-state index >= 15 is 0 Å². The van der Waals surface area contributed by atoms with Crippen molar-refractivity contribution in [3.8, 4) is 0 Å². The smallest absolute Gasteiger partial charge is 0.172 e. The first-order valence-corrected chi connectivity index (χ1v) is 3.49. The molecule has 1 rings (SSSR count). The Balaban J connectivity index is 2.74. The number of nitrogens with zero attached hydrogens (tertiary/aromatic N) is 1. The zero-order chi connectivity index (χ0) is 7.78. The molecule has 0 aromatic heterocycles. The first kappa shape index (κ1) is 7.54. The van der Waals surface area contributed by atoms with E-state index in [1.165, 1.54) is 0 Å². The lowest BCUT2D eigenvalue weighted by atomic mass is 9.89. The number of hydrogen-bond acceptors (Lipinski definition) is 2. The maximum atomic E-state index is 11.0. The van der Waals surface area contributed by atoms with Crippen LogP contribution in [0.1, 0.15) is 20.3 Å². The number of aliphatic hydroxyl groups is 1. The van der Waals surface area contributed by atoms with Crippen molar-refractivity contribution >= 4 is 6.21 Å². The van der Waals surface area contributed by atoms with Crippen LogP contribution in [0.5, 0.6) is 0 Å². The minimum absolute atomic E-state index is 0.0994. The van der Waals surface area contributed by atoms with Gasteiger partial charge in [-0.05, 0) is 0 Å². The van der Waals surface area contributed by atoms with Gasteiger partial charge in [0.25, 0.3) is 0 Å². The Morgan fingerprint density at radius 3 is 2.60 bits per heavy atom. The number of hydroxylamine groups is 1. The van der Waals surface area contributed by atoms with Gasteiger partial charge in [-0.3, -0.25) is 0 Å². The third kappa shape index (κ3) is 0.904. The molecule has 0 saturated heterocycles. The van der Waals surface area contributed by atoms with Gasteiger partial charge in [-0.25, -0.2) is 4.74 Å². The molecular weight excluding hydrogens is 130 g/mol. The van der Waals surface area contributed by atoms with E-state index in [2.05, 4.69) is 0 Å². The summed E-state index contributed by atoms with van der Waals surface area (Å²) in [7, 11) is 0. The van der Waals surface area contributed by atoms with E-state index in [4.69, 9.17) is 5.11 Å². The Morgan fingerprint density at radius 1 is 1.80 bits per heavy atom. The van der Waals surface area contributed by atoms with Crippen molar-refractivity contribution in [3.63, 3.8) is 0 Å². The lowest BCUT2D eigenvalue weighted by Crippen LogP contribution is -2.37. The Labute approximate surface area is 60.6 Å². The Morgan fingerprint density at radius 2 is 2.40 bits per heavy atom. The molecule has 1 aliphatic heterocycles. The third-order valence-electron chi connectivity index (χ3n) is 2.34. The van der Waals surface area contributed by atoms with Crippen LogP contribution in [0.15, 0.2) is 0 Å². The van der Waals surface area contributed by atoms with Gasteiger partial charge in [-0.2, -0.15) is 0 Å². The van der Waals surface area contributed by atoms with E-state index in [1.54, 1.807) is 6.21 Å². The Hall–Kier alpha value is -0.570. The van der Waals surface area contributed by atoms with E-state index in [-0.39, 0.29) is 12.5 Å². The highest BCUT2D eigenvalue weighted by Gasteiger charge is 2.40. The molecule has 0 radical (unpaired) electrons. The van der Waals surface area contributed by atoms with Crippen LogP contribution in [0.3, 0.4) is 0 Å². The Kier molecular flexibility index (Phi) is 1.68. The standard InChI is InChI=1S/C7H13NO2/c1-7(2)6(5-9)3-4-8(7)10/h4,6,9H,3,5H2,1-2H3. The maximum absolute atomic E-state index is 11.0. The molecule has 1 N–H and O–H groups in total. The van der Waals surface area contributed by atoms with Gasteiger partial charge in [0.2, 0.25) is 0 Å². The normalized spacial score (nSPS) is 30.3. The molecule has 0 amide bonds. The van der Waals surface area contributed by atoms with Crippen molar-refractivity contribution in [3.05, 3.63) is 5.21 Å². The first-order valence-electron chi connectivity index (χ1n) is 3.49. The predicted molar refractivity (Wildman–Crippen MR) is 39.0 cm³/mol.